The summed E-state index contributed by atoms with van der Waals surface area (Å²) in [6, 6.07) is 10.7. The second-order valence-corrected chi connectivity index (χ2v) is 6.81. The number of nitrogens with zero attached hydrogens (tertiary/aromatic N) is 1. The Morgan fingerprint density at radius 2 is 1.79 bits per heavy atom. The first-order chi connectivity index (χ1) is 13.9. The number of hydrogen-bond donors (Lipinski definition) is 2. The Balaban J connectivity index is 1.61. The van der Waals surface area contributed by atoms with E-state index in [4.69, 9.17) is 21.1 Å². The second-order valence-electron chi connectivity index (χ2n) is 6.37. The molecule has 2 aromatic carbocycles. The summed E-state index contributed by atoms with van der Waals surface area (Å²) < 4.78 is 10.3. The van der Waals surface area contributed by atoms with Crippen molar-refractivity contribution < 1.29 is 23.9 Å². The summed E-state index contributed by atoms with van der Waals surface area (Å²) in [4.78, 5) is 38.3. The number of hydrogen-bond acceptors (Lipinski definition) is 6. The highest BCUT2D eigenvalue weighted by Gasteiger charge is 2.38. The Kier molecular flexibility index (Phi) is 6.36. The van der Waals surface area contributed by atoms with Crippen molar-refractivity contribution in [3.05, 3.63) is 58.6 Å². The summed E-state index contributed by atoms with van der Waals surface area (Å²) in [5, 5.41) is 0.574. The van der Waals surface area contributed by atoms with Gasteiger partial charge in [0.2, 0.25) is 11.8 Å². The van der Waals surface area contributed by atoms with Gasteiger partial charge in [0.25, 0.3) is 5.91 Å². The molecule has 0 bridgehead atoms. The molecule has 0 radical (unpaired) electrons. The fourth-order valence-corrected chi connectivity index (χ4v) is 3.06. The number of amides is 3. The lowest BCUT2D eigenvalue weighted by Gasteiger charge is -2.16. The molecule has 8 nitrogen and oxygen atoms in total. The SMILES string of the molecule is COc1ccc(C(=O)NN[C@@H]2CC(=O)N(Cc3ccc(Cl)cc3)C2=O)cc1OC. The average Bonchev–Trinajstić information content (AvgIpc) is 3.00. The number of nitrogens with one attached hydrogen (secondary N) is 2. The number of likely N-dealkylation sites (tertiary alicyclic amines) is 1. The first-order valence-electron chi connectivity index (χ1n) is 8.79. The number of carbonyl (C=O) groups is 3. The molecule has 1 heterocycles. The van der Waals surface area contributed by atoms with Gasteiger partial charge in [0.1, 0.15) is 6.04 Å². The number of halogens is 1. The molecule has 0 saturated carbocycles. The van der Waals surface area contributed by atoms with Gasteiger partial charge < -0.3 is 9.47 Å². The molecule has 3 amide bonds. The minimum absolute atomic E-state index is 0.0430. The van der Waals surface area contributed by atoms with E-state index in [0.717, 1.165) is 10.5 Å². The molecule has 1 saturated heterocycles. The smallest absolute Gasteiger partial charge is 0.265 e. The summed E-state index contributed by atoms with van der Waals surface area (Å²) in [5.74, 6) is -0.296. The molecule has 2 N–H and O–H groups in total. The van der Waals surface area contributed by atoms with Crippen LogP contribution in [0.3, 0.4) is 0 Å². The molecule has 1 aliphatic heterocycles. The van der Waals surface area contributed by atoms with E-state index in [1.807, 2.05) is 0 Å². The molecule has 1 fully saturated rings. The summed E-state index contributed by atoms with van der Waals surface area (Å²) in [5.41, 5.74) is 6.21. The molecular weight excluding hydrogens is 398 g/mol. The van der Waals surface area contributed by atoms with Gasteiger partial charge in [-0.15, -0.1) is 0 Å². The van der Waals surface area contributed by atoms with Crippen LogP contribution in [0.1, 0.15) is 22.3 Å². The second kappa shape index (κ2) is 8.93. The first-order valence-corrected chi connectivity index (χ1v) is 9.17. The zero-order chi connectivity index (χ0) is 21.0. The van der Waals surface area contributed by atoms with Crippen molar-refractivity contribution in [2.75, 3.05) is 14.2 Å². The minimum Gasteiger partial charge on any atom is -0.493 e. The maximum Gasteiger partial charge on any atom is 0.265 e. The van der Waals surface area contributed by atoms with Crippen LogP contribution in [-0.4, -0.2) is 42.9 Å². The van der Waals surface area contributed by atoms with Crippen molar-refractivity contribution >= 4 is 29.3 Å². The summed E-state index contributed by atoms with van der Waals surface area (Å²) in [6.45, 7) is 0.149. The third kappa shape index (κ3) is 4.67. The van der Waals surface area contributed by atoms with Crippen LogP contribution in [0, 0.1) is 0 Å². The molecule has 1 atom stereocenters. The van der Waals surface area contributed by atoms with E-state index in [9.17, 15) is 14.4 Å². The number of carbonyl (C=O) groups excluding carboxylic acids is 3. The Morgan fingerprint density at radius 3 is 2.45 bits per heavy atom. The lowest BCUT2D eigenvalue weighted by molar-refractivity contribution is -0.139. The van der Waals surface area contributed by atoms with E-state index in [2.05, 4.69) is 10.9 Å². The fraction of sp³-hybridized carbons (Fsp3) is 0.250. The lowest BCUT2D eigenvalue weighted by Crippen LogP contribution is -2.48. The number of rotatable bonds is 7. The molecule has 0 spiro atoms. The summed E-state index contributed by atoms with van der Waals surface area (Å²) >= 11 is 5.85. The molecule has 0 aromatic heterocycles. The third-order valence-corrected chi connectivity index (χ3v) is 4.76. The van der Waals surface area contributed by atoms with Crippen LogP contribution in [0.2, 0.25) is 5.02 Å². The fourth-order valence-electron chi connectivity index (χ4n) is 2.94. The molecule has 0 aliphatic carbocycles. The number of methoxy groups -OCH3 is 2. The van der Waals surface area contributed by atoms with Crippen molar-refractivity contribution in [2.24, 2.45) is 0 Å². The van der Waals surface area contributed by atoms with Crippen LogP contribution in [-0.2, 0) is 16.1 Å². The van der Waals surface area contributed by atoms with Crippen molar-refractivity contribution in [3.63, 3.8) is 0 Å². The number of imide groups is 1. The predicted octanol–water partition coefficient (Wildman–Crippen LogP) is 1.92. The molecule has 1 aliphatic rings. The maximum absolute atomic E-state index is 12.5. The Bertz CT molecular complexity index is 932. The van der Waals surface area contributed by atoms with Gasteiger partial charge in [0.05, 0.1) is 27.2 Å². The topological polar surface area (TPSA) is 97.0 Å². The average molecular weight is 418 g/mol. The quantitative estimate of drug-likeness (QED) is 0.527. The van der Waals surface area contributed by atoms with Gasteiger partial charge in [0, 0.05) is 10.6 Å². The number of hydrazine groups is 1. The van der Waals surface area contributed by atoms with Crippen molar-refractivity contribution in [2.45, 2.75) is 19.0 Å². The zero-order valence-electron chi connectivity index (χ0n) is 15.9. The monoisotopic (exact) mass is 417 g/mol. The van der Waals surface area contributed by atoms with Gasteiger partial charge in [0.15, 0.2) is 11.5 Å². The van der Waals surface area contributed by atoms with E-state index in [1.54, 1.807) is 36.4 Å². The van der Waals surface area contributed by atoms with Crippen LogP contribution in [0.15, 0.2) is 42.5 Å². The van der Waals surface area contributed by atoms with E-state index >= 15 is 0 Å². The molecule has 2 aromatic rings. The third-order valence-electron chi connectivity index (χ3n) is 4.50. The van der Waals surface area contributed by atoms with Gasteiger partial charge >= 0.3 is 0 Å². The van der Waals surface area contributed by atoms with Crippen molar-refractivity contribution in [1.82, 2.24) is 15.8 Å². The Labute approximate surface area is 172 Å². The van der Waals surface area contributed by atoms with Gasteiger partial charge in [-0.25, -0.2) is 5.43 Å². The van der Waals surface area contributed by atoms with Gasteiger partial charge in [-0.1, -0.05) is 23.7 Å². The standard InChI is InChI=1S/C20H20ClN3O5/c1-28-16-8-5-13(9-17(16)29-2)19(26)23-22-15-10-18(25)24(20(15)27)11-12-3-6-14(21)7-4-12/h3-9,15,22H,10-11H2,1-2H3,(H,23,26)/t15-/m1/s1. The van der Waals surface area contributed by atoms with E-state index in [-0.39, 0.29) is 18.9 Å². The highest BCUT2D eigenvalue weighted by Crippen LogP contribution is 2.27. The van der Waals surface area contributed by atoms with Crippen LogP contribution in [0.25, 0.3) is 0 Å². The molecule has 0 unspecified atom stereocenters. The number of ether oxygens (including phenoxy) is 2. The van der Waals surface area contributed by atoms with Crippen LogP contribution in [0.5, 0.6) is 11.5 Å². The van der Waals surface area contributed by atoms with Crippen LogP contribution < -0.4 is 20.3 Å². The van der Waals surface area contributed by atoms with Gasteiger partial charge in [-0.05, 0) is 35.9 Å². The normalized spacial score (nSPS) is 16.1. The summed E-state index contributed by atoms with van der Waals surface area (Å²) in [7, 11) is 2.97. The molecule has 9 heteroatoms. The predicted molar refractivity (Wildman–Crippen MR) is 106 cm³/mol. The van der Waals surface area contributed by atoms with Crippen molar-refractivity contribution in [3.8, 4) is 11.5 Å². The first kappa shape index (κ1) is 20.6. The van der Waals surface area contributed by atoms with Gasteiger partial charge in [-0.3, -0.25) is 24.7 Å². The molecule has 152 valence electrons. The van der Waals surface area contributed by atoms with E-state index in [0.29, 0.717) is 22.1 Å². The Morgan fingerprint density at radius 1 is 1.10 bits per heavy atom. The largest absolute Gasteiger partial charge is 0.493 e. The minimum atomic E-state index is -0.834. The lowest BCUT2D eigenvalue weighted by atomic mass is 10.2. The van der Waals surface area contributed by atoms with Crippen LogP contribution in [0.4, 0.5) is 0 Å². The van der Waals surface area contributed by atoms with E-state index < -0.39 is 17.9 Å². The molecule has 3 rings (SSSR count). The van der Waals surface area contributed by atoms with Crippen molar-refractivity contribution in [1.29, 1.82) is 0 Å². The number of benzene rings is 2. The van der Waals surface area contributed by atoms with Crippen LogP contribution >= 0.6 is 11.6 Å². The zero-order valence-corrected chi connectivity index (χ0v) is 16.7. The van der Waals surface area contributed by atoms with Gasteiger partial charge in [-0.2, -0.15) is 0 Å². The molecule has 29 heavy (non-hydrogen) atoms. The highest BCUT2D eigenvalue weighted by molar-refractivity contribution is 6.30. The van der Waals surface area contributed by atoms with E-state index in [1.165, 1.54) is 20.3 Å². The highest BCUT2D eigenvalue weighted by atomic mass is 35.5. The Hall–Kier alpha value is -3.10. The molecular formula is C20H20ClN3O5. The summed E-state index contributed by atoms with van der Waals surface area (Å²) in [6.07, 6.45) is -0.0430. The maximum atomic E-state index is 12.5.